The number of nitrogens with zero attached hydrogens (tertiary/aromatic N) is 2. The number of ether oxygens (including phenoxy) is 1. The maximum absolute atomic E-state index is 11.3. The zero-order valence-corrected chi connectivity index (χ0v) is 14.4. The molecule has 1 rings (SSSR count). The highest BCUT2D eigenvalue weighted by Gasteiger charge is 2.21. The van der Waals surface area contributed by atoms with Crippen LogP contribution in [0.3, 0.4) is 0 Å². The van der Waals surface area contributed by atoms with Crippen LogP contribution >= 0.6 is 11.8 Å². The van der Waals surface area contributed by atoms with Gasteiger partial charge in [-0.05, 0) is 26.7 Å². The minimum atomic E-state index is -0.127. The van der Waals surface area contributed by atoms with Crippen molar-refractivity contribution in [3.05, 3.63) is 0 Å². The molecule has 0 saturated carbocycles. The van der Waals surface area contributed by atoms with Gasteiger partial charge >= 0.3 is 5.97 Å². The van der Waals surface area contributed by atoms with Gasteiger partial charge < -0.3 is 15.0 Å². The number of carbonyl (C=O) groups excluding carboxylic acids is 1. The molecule has 1 unspecified atom stereocenters. The van der Waals surface area contributed by atoms with Gasteiger partial charge in [0.25, 0.3) is 0 Å². The standard InChI is InChI=1S/C15H29N3O2S/c1-4-13-12-18(10-11-21-13)15(16-5-2)17-9-7-8-14(19)20-6-3/h13H,4-12H2,1-3H3,(H,16,17). The lowest BCUT2D eigenvalue weighted by Gasteiger charge is -2.34. The molecule has 1 fully saturated rings. The second-order valence-corrected chi connectivity index (χ2v) is 6.40. The zero-order valence-electron chi connectivity index (χ0n) is 13.6. The summed E-state index contributed by atoms with van der Waals surface area (Å²) >= 11 is 2.05. The summed E-state index contributed by atoms with van der Waals surface area (Å²) in [4.78, 5) is 18.3. The largest absolute Gasteiger partial charge is 0.466 e. The van der Waals surface area contributed by atoms with Crippen LogP contribution in [0.5, 0.6) is 0 Å². The van der Waals surface area contributed by atoms with Gasteiger partial charge in [0.2, 0.25) is 0 Å². The Bertz CT molecular complexity index is 337. The fraction of sp³-hybridized carbons (Fsp3) is 0.867. The number of thioether (sulfide) groups is 1. The third kappa shape index (κ3) is 7.07. The molecule has 1 saturated heterocycles. The molecular weight excluding hydrogens is 286 g/mol. The van der Waals surface area contributed by atoms with Gasteiger partial charge in [-0.3, -0.25) is 9.79 Å². The van der Waals surface area contributed by atoms with Crippen LogP contribution in [0.1, 0.15) is 40.0 Å². The van der Waals surface area contributed by atoms with E-state index in [-0.39, 0.29) is 5.97 Å². The van der Waals surface area contributed by atoms with Crippen molar-refractivity contribution in [1.29, 1.82) is 0 Å². The molecule has 5 nitrogen and oxygen atoms in total. The van der Waals surface area contributed by atoms with E-state index in [1.807, 2.05) is 6.92 Å². The number of hydrogen-bond acceptors (Lipinski definition) is 4. The first-order valence-corrected chi connectivity index (χ1v) is 9.06. The Hall–Kier alpha value is -0.910. The SMILES string of the molecule is CCNC(=NCCCC(=O)OCC)N1CCSC(CC)C1. The molecule has 0 radical (unpaired) electrons. The topological polar surface area (TPSA) is 53.9 Å². The van der Waals surface area contributed by atoms with E-state index in [0.29, 0.717) is 24.8 Å². The summed E-state index contributed by atoms with van der Waals surface area (Å²) in [5.41, 5.74) is 0. The monoisotopic (exact) mass is 315 g/mol. The third-order valence-corrected chi connectivity index (χ3v) is 4.71. The zero-order chi connectivity index (χ0) is 15.5. The van der Waals surface area contributed by atoms with Gasteiger partial charge in [0, 0.05) is 43.6 Å². The van der Waals surface area contributed by atoms with E-state index >= 15 is 0 Å². The van der Waals surface area contributed by atoms with Crippen LogP contribution in [-0.4, -0.2) is 60.6 Å². The Kier molecular flexibility index (Phi) is 9.30. The molecule has 0 aromatic rings. The average molecular weight is 315 g/mol. The summed E-state index contributed by atoms with van der Waals surface area (Å²) in [5.74, 6) is 2.02. The van der Waals surface area contributed by atoms with Gasteiger partial charge in [-0.25, -0.2) is 0 Å². The maximum Gasteiger partial charge on any atom is 0.305 e. The molecule has 0 amide bonds. The molecule has 0 aromatic heterocycles. The highest BCUT2D eigenvalue weighted by Crippen LogP contribution is 2.21. The van der Waals surface area contributed by atoms with Gasteiger partial charge in [-0.1, -0.05) is 6.92 Å². The highest BCUT2D eigenvalue weighted by atomic mass is 32.2. The van der Waals surface area contributed by atoms with E-state index in [2.05, 4.69) is 40.8 Å². The van der Waals surface area contributed by atoms with Crippen LogP contribution in [0.15, 0.2) is 4.99 Å². The summed E-state index contributed by atoms with van der Waals surface area (Å²) in [6.45, 7) is 10.3. The van der Waals surface area contributed by atoms with Gasteiger partial charge in [-0.2, -0.15) is 11.8 Å². The van der Waals surface area contributed by atoms with Crippen LogP contribution in [0.2, 0.25) is 0 Å². The lowest BCUT2D eigenvalue weighted by Crippen LogP contribution is -2.48. The Labute approximate surface area is 132 Å². The molecule has 0 aromatic carbocycles. The van der Waals surface area contributed by atoms with Crippen molar-refractivity contribution in [2.24, 2.45) is 4.99 Å². The van der Waals surface area contributed by atoms with Crippen molar-refractivity contribution in [3.8, 4) is 0 Å². The molecule has 1 N–H and O–H groups in total. The second kappa shape index (κ2) is 10.8. The second-order valence-electron chi connectivity index (χ2n) is 4.99. The molecular formula is C15H29N3O2S. The summed E-state index contributed by atoms with van der Waals surface area (Å²) in [6.07, 6.45) is 2.39. The van der Waals surface area contributed by atoms with E-state index in [4.69, 9.17) is 4.74 Å². The minimum absolute atomic E-state index is 0.127. The smallest absolute Gasteiger partial charge is 0.305 e. The van der Waals surface area contributed by atoms with Crippen LogP contribution in [-0.2, 0) is 9.53 Å². The summed E-state index contributed by atoms with van der Waals surface area (Å²) in [6, 6.07) is 0. The van der Waals surface area contributed by atoms with E-state index in [9.17, 15) is 4.79 Å². The van der Waals surface area contributed by atoms with E-state index in [1.54, 1.807) is 0 Å². The first-order valence-electron chi connectivity index (χ1n) is 8.01. The fourth-order valence-electron chi connectivity index (χ4n) is 2.23. The first kappa shape index (κ1) is 18.1. The van der Waals surface area contributed by atoms with E-state index in [0.717, 1.165) is 37.8 Å². The number of rotatable bonds is 7. The van der Waals surface area contributed by atoms with Gasteiger partial charge in [0.15, 0.2) is 5.96 Å². The van der Waals surface area contributed by atoms with Crippen molar-refractivity contribution < 1.29 is 9.53 Å². The molecule has 1 aliphatic heterocycles. The number of guanidine groups is 1. The van der Waals surface area contributed by atoms with E-state index in [1.165, 1.54) is 6.42 Å². The third-order valence-electron chi connectivity index (χ3n) is 3.33. The molecule has 0 aliphatic carbocycles. The van der Waals surface area contributed by atoms with Gasteiger partial charge in [0.05, 0.1) is 6.61 Å². The van der Waals surface area contributed by atoms with Crippen molar-refractivity contribution in [2.45, 2.75) is 45.3 Å². The van der Waals surface area contributed by atoms with Crippen LogP contribution in [0.4, 0.5) is 0 Å². The summed E-state index contributed by atoms with van der Waals surface area (Å²) in [5, 5.41) is 4.06. The molecule has 1 heterocycles. The van der Waals surface area contributed by atoms with Crippen LogP contribution in [0, 0.1) is 0 Å². The number of aliphatic imine (C=N–C) groups is 1. The first-order chi connectivity index (χ1) is 10.2. The normalized spacial score (nSPS) is 19.5. The maximum atomic E-state index is 11.3. The highest BCUT2D eigenvalue weighted by molar-refractivity contribution is 8.00. The fourth-order valence-corrected chi connectivity index (χ4v) is 3.41. The molecule has 122 valence electrons. The van der Waals surface area contributed by atoms with E-state index < -0.39 is 0 Å². The molecule has 1 aliphatic rings. The molecule has 0 bridgehead atoms. The number of hydrogen-bond donors (Lipinski definition) is 1. The Morgan fingerprint density at radius 1 is 1.43 bits per heavy atom. The Morgan fingerprint density at radius 3 is 2.90 bits per heavy atom. The quantitative estimate of drug-likeness (QED) is 0.337. The summed E-state index contributed by atoms with van der Waals surface area (Å²) in [7, 11) is 0. The lowest BCUT2D eigenvalue weighted by molar-refractivity contribution is -0.143. The van der Waals surface area contributed by atoms with Crippen molar-refractivity contribution in [3.63, 3.8) is 0 Å². The minimum Gasteiger partial charge on any atom is -0.466 e. The number of esters is 1. The molecule has 21 heavy (non-hydrogen) atoms. The lowest BCUT2D eigenvalue weighted by atomic mass is 10.3. The molecule has 1 atom stereocenters. The van der Waals surface area contributed by atoms with Gasteiger partial charge in [-0.15, -0.1) is 0 Å². The van der Waals surface area contributed by atoms with Crippen molar-refractivity contribution in [2.75, 3.05) is 38.5 Å². The summed E-state index contributed by atoms with van der Waals surface area (Å²) < 4.78 is 4.93. The van der Waals surface area contributed by atoms with Gasteiger partial charge in [0.1, 0.15) is 0 Å². The van der Waals surface area contributed by atoms with Crippen molar-refractivity contribution in [1.82, 2.24) is 10.2 Å². The van der Waals surface area contributed by atoms with Crippen LogP contribution in [0.25, 0.3) is 0 Å². The number of nitrogens with one attached hydrogen (secondary N) is 1. The Morgan fingerprint density at radius 2 is 2.24 bits per heavy atom. The van der Waals surface area contributed by atoms with Crippen molar-refractivity contribution >= 4 is 23.7 Å². The molecule has 0 spiro atoms. The predicted octanol–water partition coefficient (Wildman–Crippen LogP) is 2.12. The van der Waals surface area contributed by atoms with Crippen LogP contribution < -0.4 is 5.32 Å². The average Bonchev–Trinajstić information content (AvgIpc) is 2.50. The predicted molar refractivity (Wildman–Crippen MR) is 90.0 cm³/mol. The molecule has 6 heteroatoms. The Balaban J connectivity index is 2.43. The number of carbonyl (C=O) groups is 1.